The van der Waals surface area contributed by atoms with Crippen molar-refractivity contribution < 1.29 is 0 Å². The van der Waals surface area contributed by atoms with Crippen LogP contribution in [-0.2, 0) is 0 Å². The van der Waals surface area contributed by atoms with Crippen molar-refractivity contribution in [1.29, 1.82) is 0 Å². The van der Waals surface area contributed by atoms with Crippen molar-refractivity contribution >= 4 is 0 Å². The van der Waals surface area contributed by atoms with Gasteiger partial charge in [0.1, 0.15) is 0 Å². The molecule has 0 aromatic heterocycles. The average molecular weight is 232 g/mol. The first-order valence-electron chi connectivity index (χ1n) is 7.17. The van der Waals surface area contributed by atoms with E-state index in [4.69, 9.17) is 5.73 Å². The third-order valence-electron chi connectivity index (χ3n) is 4.63. The Balaban J connectivity index is 1.94. The molecule has 0 bridgehead atoms. The summed E-state index contributed by atoms with van der Waals surface area (Å²) in [6, 6.07) is 1.10. The largest absolute Gasteiger partial charge is 0.327 e. The maximum absolute atomic E-state index is 6.19. The minimum atomic E-state index is 0.400. The van der Waals surface area contributed by atoms with Crippen LogP contribution in [0.1, 0.15) is 39.0 Å². The van der Waals surface area contributed by atoms with E-state index in [1.807, 2.05) is 0 Å². The van der Waals surface area contributed by atoms with Gasteiger partial charge in [-0.05, 0) is 37.2 Å². The van der Waals surface area contributed by atoms with Gasteiger partial charge in [0.2, 0.25) is 0 Å². The number of hydrogen-bond donors (Lipinski definition) is 1. The van der Waals surface area contributed by atoms with Crippen molar-refractivity contribution in [3.05, 3.63) is 23.3 Å². The monoisotopic (exact) mass is 232 g/mol. The highest BCUT2D eigenvalue weighted by Gasteiger charge is 2.39. The van der Waals surface area contributed by atoms with E-state index < -0.39 is 0 Å². The van der Waals surface area contributed by atoms with Gasteiger partial charge in [-0.3, -0.25) is 4.90 Å². The van der Waals surface area contributed by atoms with Crippen LogP contribution in [0.5, 0.6) is 0 Å². The lowest BCUT2D eigenvalue weighted by atomic mass is 9.73. The second-order valence-electron chi connectivity index (χ2n) is 5.89. The Morgan fingerprint density at radius 1 is 1.47 bits per heavy atom. The van der Waals surface area contributed by atoms with Crippen LogP contribution in [0.4, 0.5) is 0 Å². The SMILES string of the molecule is CCCC1=C2C=CCC3CC(N)CN(CC1)C23. The Labute approximate surface area is 105 Å². The summed E-state index contributed by atoms with van der Waals surface area (Å²) in [5.41, 5.74) is 9.57. The van der Waals surface area contributed by atoms with Crippen LogP contribution in [0.25, 0.3) is 0 Å². The summed E-state index contributed by atoms with van der Waals surface area (Å²) in [6.45, 7) is 4.64. The lowest BCUT2D eigenvalue weighted by Crippen LogP contribution is -2.56. The van der Waals surface area contributed by atoms with E-state index in [9.17, 15) is 0 Å². The Hall–Kier alpha value is -0.600. The van der Waals surface area contributed by atoms with Crippen molar-refractivity contribution in [2.24, 2.45) is 11.7 Å². The summed E-state index contributed by atoms with van der Waals surface area (Å²) in [5.74, 6) is 0.783. The molecule has 17 heavy (non-hydrogen) atoms. The number of hydrogen-bond acceptors (Lipinski definition) is 2. The molecule has 94 valence electrons. The van der Waals surface area contributed by atoms with Crippen LogP contribution in [0, 0.1) is 5.92 Å². The lowest BCUT2D eigenvalue weighted by Gasteiger charge is -2.49. The number of piperidine rings is 1. The maximum Gasteiger partial charge on any atom is 0.0380 e. The normalized spacial score (nSPS) is 37.2. The molecule has 3 unspecified atom stereocenters. The van der Waals surface area contributed by atoms with E-state index in [0.717, 1.165) is 12.5 Å². The molecule has 3 rings (SSSR count). The highest BCUT2D eigenvalue weighted by atomic mass is 15.2. The van der Waals surface area contributed by atoms with Crippen LogP contribution in [0.3, 0.4) is 0 Å². The molecule has 1 saturated heterocycles. The topological polar surface area (TPSA) is 29.3 Å². The molecule has 0 spiro atoms. The van der Waals surface area contributed by atoms with E-state index >= 15 is 0 Å². The minimum Gasteiger partial charge on any atom is -0.327 e. The summed E-state index contributed by atoms with van der Waals surface area (Å²) >= 11 is 0. The van der Waals surface area contributed by atoms with Crippen LogP contribution in [0.2, 0.25) is 0 Å². The molecule has 0 aromatic rings. The van der Waals surface area contributed by atoms with E-state index in [1.54, 1.807) is 11.1 Å². The van der Waals surface area contributed by atoms with Crippen LogP contribution in [0.15, 0.2) is 23.3 Å². The molecule has 3 atom stereocenters. The van der Waals surface area contributed by atoms with Crippen LogP contribution in [-0.4, -0.2) is 30.1 Å². The summed E-state index contributed by atoms with van der Waals surface area (Å²) in [7, 11) is 0. The van der Waals surface area contributed by atoms with Gasteiger partial charge in [-0.1, -0.05) is 31.1 Å². The molecule has 2 nitrogen and oxygen atoms in total. The molecule has 2 heterocycles. The Morgan fingerprint density at radius 2 is 2.35 bits per heavy atom. The van der Waals surface area contributed by atoms with Gasteiger partial charge in [0, 0.05) is 25.2 Å². The van der Waals surface area contributed by atoms with Gasteiger partial charge in [0.05, 0.1) is 0 Å². The zero-order valence-corrected chi connectivity index (χ0v) is 10.9. The van der Waals surface area contributed by atoms with Crippen LogP contribution < -0.4 is 5.73 Å². The van der Waals surface area contributed by atoms with Gasteiger partial charge >= 0.3 is 0 Å². The first-order valence-corrected chi connectivity index (χ1v) is 7.17. The Kier molecular flexibility index (Phi) is 3.10. The Bertz CT molecular complexity index is 356. The molecular formula is C15H24N2. The van der Waals surface area contributed by atoms with E-state index in [0.29, 0.717) is 12.1 Å². The van der Waals surface area contributed by atoms with Gasteiger partial charge in [-0.15, -0.1) is 0 Å². The zero-order chi connectivity index (χ0) is 11.8. The van der Waals surface area contributed by atoms with Gasteiger partial charge in [-0.2, -0.15) is 0 Å². The number of nitrogens with two attached hydrogens (primary N) is 1. The molecule has 0 saturated carbocycles. The fourth-order valence-corrected chi connectivity index (χ4v) is 4.00. The number of nitrogens with zero attached hydrogens (tertiary/aromatic N) is 1. The van der Waals surface area contributed by atoms with Crippen molar-refractivity contribution in [3.63, 3.8) is 0 Å². The van der Waals surface area contributed by atoms with Crippen molar-refractivity contribution in [2.45, 2.75) is 51.1 Å². The summed E-state index contributed by atoms with van der Waals surface area (Å²) in [5, 5.41) is 0. The fourth-order valence-electron chi connectivity index (χ4n) is 4.00. The smallest absolute Gasteiger partial charge is 0.0380 e. The van der Waals surface area contributed by atoms with Crippen molar-refractivity contribution in [3.8, 4) is 0 Å². The molecule has 0 aromatic carbocycles. The van der Waals surface area contributed by atoms with Gasteiger partial charge < -0.3 is 5.73 Å². The van der Waals surface area contributed by atoms with Gasteiger partial charge in [0.15, 0.2) is 0 Å². The lowest BCUT2D eigenvalue weighted by molar-refractivity contribution is 0.0932. The van der Waals surface area contributed by atoms with E-state index in [-0.39, 0.29) is 0 Å². The van der Waals surface area contributed by atoms with Crippen molar-refractivity contribution in [1.82, 2.24) is 4.90 Å². The zero-order valence-electron chi connectivity index (χ0n) is 10.9. The molecule has 2 aliphatic heterocycles. The summed E-state index contributed by atoms with van der Waals surface area (Å²) < 4.78 is 0. The fraction of sp³-hybridized carbons (Fsp3) is 0.733. The molecule has 0 amide bonds. The highest BCUT2D eigenvalue weighted by molar-refractivity contribution is 5.37. The molecule has 2 N–H and O–H groups in total. The number of allylic oxidation sites excluding steroid dienone is 1. The molecule has 1 fully saturated rings. The third kappa shape index (κ3) is 1.98. The summed E-state index contributed by atoms with van der Waals surface area (Å²) in [4.78, 5) is 2.65. The first kappa shape index (κ1) is 11.5. The average Bonchev–Trinajstić information content (AvgIpc) is 2.32. The molecular weight excluding hydrogens is 208 g/mol. The molecule has 2 heteroatoms. The second-order valence-corrected chi connectivity index (χ2v) is 5.89. The van der Waals surface area contributed by atoms with Gasteiger partial charge in [-0.25, -0.2) is 0 Å². The standard InChI is InChI=1S/C15H24N2/c1-2-4-11-7-8-17-10-13(16)9-12-5-3-6-14(11)15(12)17/h3,6,12-13,15H,2,4-5,7-10,16H2,1H3. The van der Waals surface area contributed by atoms with E-state index in [1.165, 1.54) is 38.6 Å². The number of rotatable bonds is 2. The molecule has 0 radical (unpaired) electrons. The minimum absolute atomic E-state index is 0.400. The molecule has 1 aliphatic carbocycles. The first-order chi connectivity index (χ1) is 8.29. The van der Waals surface area contributed by atoms with E-state index in [2.05, 4.69) is 24.0 Å². The predicted molar refractivity (Wildman–Crippen MR) is 71.8 cm³/mol. The van der Waals surface area contributed by atoms with Gasteiger partial charge in [0.25, 0.3) is 0 Å². The third-order valence-corrected chi connectivity index (χ3v) is 4.63. The highest BCUT2D eigenvalue weighted by Crippen LogP contribution is 2.40. The van der Waals surface area contributed by atoms with Crippen molar-refractivity contribution in [2.75, 3.05) is 13.1 Å². The maximum atomic E-state index is 6.19. The van der Waals surface area contributed by atoms with Crippen LogP contribution >= 0.6 is 0 Å². The second kappa shape index (κ2) is 4.58. The molecule has 3 aliphatic rings. The predicted octanol–water partition coefficient (Wildman–Crippen LogP) is 2.46. The Morgan fingerprint density at radius 3 is 3.18 bits per heavy atom. The summed E-state index contributed by atoms with van der Waals surface area (Å²) in [6.07, 6.45) is 11.1. The quantitative estimate of drug-likeness (QED) is 0.792.